The van der Waals surface area contributed by atoms with Crippen molar-refractivity contribution in [2.75, 3.05) is 19.6 Å². The molecule has 14 heavy (non-hydrogen) atoms. The van der Waals surface area contributed by atoms with Crippen LogP contribution in [0.1, 0.15) is 40.5 Å². The van der Waals surface area contributed by atoms with Crippen molar-refractivity contribution in [2.45, 2.75) is 40.5 Å². The van der Waals surface area contributed by atoms with Crippen LogP contribution in [0, 0.1) is 10.8 Å². The van der Waals surface area contributed by atoms with E-state index in [0.29, 0.717) is 5.41 Å². The molecule has 82 valence electrons. The summed E-state index contributed by atoms with van der Waals surface area (Å²) in [5, 5.41) is 0. The molecule has 0 aliphatic carbocycles. The van der Waals surface area contributed by atoms with Crippen LogP contribution in [-0.2, 0) is 4.79 Å². The zero-order valence-corrected chi connectivity index (χ0v) is 9.97. The molecule has 0 amide bonds. The summed E-state index contributed by atoms with van der Waals surface area (Å²) in [5.74, 6) is 0. The van der Waals surface area contributed by atoms with Gasteiger partial charge in [-0.2, -0.15) is 0 Å². The number of aldehydes is 1. The van der Waals surface area contributed by atoms with E-state index in [1.165, 1.54) is 12.8 Å². The molecular formula is C12H23NO. The number of carbonyl (C=O) groups is 1. The Kier molecular flexibility index (Phi) is 3.36. The number of likely N-dealkylation sites (tertiary alicyclic amines) is 1. The van der Waals surface area contributed by atoms with Gasteiger partial charge in [0.1, 0.15) is 6.29 Å². The Labute approximate surface area is 87.7 Å². The molecular weight excluding hydrogens is 174 g/mol. The molecule has 2 nitrogen and oxygen atoms in total. The maximum Gasteiger partial charge on any atom is 0.126 e. The molecule has 0 atom stereocenters. The van der Waals surface area contributed by atoms with Crippen LogP contribution in [0.5, 0.6) is 0 Å². The fourth-order valence-corrected chi connectivity index (χ4v) is 2.29. The number of hydrogen-bond donors (Lipinski definition) is 0. The maximum absolute atomic E-state index is 10.8. The quantitative estimate of drug-likeness (QED) is 0.647. The van der Waals surface area contributed by atoms with Crippen LogP contribution in [-0.4, -0.2) is 30.8 Å². The minimum Gasteiger partial charge on any atom is -0.303 e. The van der Waals surface area contributed by atoms with Crippen LogP contribution in [0.4, 0.5) is 0 Å². The van der Waals surface area contributed by atoms with Crippen LogP contribution < -0.4 is 0 Å². The van der Waals surface area contributed by atoms with E-state index in [4.69, 9.17) is 0 Å². The molecule has 1 saturated heterocycles. The fourth-order valence-electron chi connectivity index (χ4n) is 2.29. The van der Waals surface area contributed by atoms with Gasteiger partial charge in [-0.15, -0.1) is 0 Å². The Morgan fingerprint density at radius 2 is 2.07 bits per heavy atom. The first kappa shape index (κ1) is 11.7. The number of rotatable bonds is 3. The van der Waals surface area contributed by atoms with Crippen molar-refractivity contribution in [2.24, 2.45) is 10.8 Å². The zero-order valence-electron chi connectivity index (χ0n) is 9.97. The maximum atomic E-state index is 10.8. The predicted molar refractivity (Wildman–Crippen MR) is 59.3 cm³/mol. The summed E-state index contributed by atoms with van der Waals surface area (Å²) in [6, 6.07) is 0. The lowest BCUT2D eigenvalue weighted by atomic mass is 9.83. The summed E-state index contributed by atoms with van der Waals surface area (Å²) < 4.78 is 0. The first-order valence-corrected chi connectivity index (χ1v) is 5.53. The molecule has 1 rings (SSSR count). The molecule has 0 radical (unpaired) electrons. The molecule has 1 fully saturated rings. The van der Waals surface area contributed by atoms with Crippen molar-refractivity contribution in [1.82, 2.24) is 4.90 Å². The average molecular weight is 197 g/mol. The summed E-state index contributed by atoms with van der Waals surface area (Å²) in [4.78, 5) is 13.3. The number of nitrogens with zero attached hydrogens (tertiary/aromatic N) is 1. The molecule has 1 aliphatic rings. The fraction of sp³-hybridized carbons (Fsp3) is 0.917. The molecule has 0 bridgehead atoms. The largest absolute Gasteiger partial charge is 0.303 e. The normalized spacial score (nSPS) is 23.4. The SMILES string of the molecule is CC(C)(C=O)CN1CCCC(C)(C)C1. The van der Waals surface area contributed by atoms with E-state index in [0.717, 1.165) is 25.9 Å². The number of carbonyl (C=O) groups excluding carboxylic acids is 1. The van der Waals surface area contributed by atoms with Crippen molar-refractivity contribution < 1.29 is 4.79 Å². The lowest BCUT2D eigenvalue weighted by molar-refractivity contribution is -0.116. The standard InChI is InChI=1S/C12H23NO/c1-11(2)6-5-7-13(8-11)9-12(3,4)10-14/h10H,5-9H2,1-4H3. The average Bonchev–Trinajstić information content (AvgIpc) is 2.01. The van der Waals surface area contributed by atoms with Gasteiger partial charge < -0.3 is 9.69 Å². The van der Waals surface area contributed by atoms with Gasteiger partial charge in [0, 0.05) is 18.5 Å². The smallest absolute Gasteiger partial charge is 0.126 e. The van der Waals surface area contributed by atoms with Crippen molar-refractivity contribution in [3.05, 3.63) is 0 Å². The third-order valence-corrected chi connectivity index (χ3v) is 2.93. The summed E-state index contributed by atoms with van der Waals surface area (Å²) in [7, 11) is 0. The van der Waals surface area contributed by atoms with Crippen LogP contribution in [0.3, 0.4) is 0 Å². The Balaban J connectivity index is 2.50. The highest BCUT2D eigenvalue weighted by Gasteiger charge is 2.29. The van der Waals surface area contributed by atoms with E-state index in [-0.39, 0.29) is 5.41 Å². The van der Waals surface area contributed by atoms with Crippen LogP contribution >= 0.6 is 0 Å². The Morgan fingerprint density at radius 1 is 1.43 bits per heavy atom. The molecule has 0 aromatic heterocycles. The van der Waals surface area contributed by atoms with Crippen molar-refractivity contribution >= 4 is 6.29 Å². The molecule has 0 unspecified atom stereocenters. The van der Waals surface area contributed by atoms with Crippen LogP contribution in [0.15, 0.2) is 0 Å². The second-order valence-corrected chi connectivity index (χ2v) is 6.08. The topological polar surface area (TPSA) is 20.3 Å². The monoisotopic (exact) mass is 197 g/mol. The summed E-state index contributed by atoms with van der Waals surface area (Å²) in [6.07, 6.45) is 3.65. The van der Waals surface area contributed by atoms with E-state index in [9.17, 15) is 4.79 Å². The Morgan fingerprint density at radius 3 is 2.57 bits per heavy atom. The van der Waals surface area contributed by atoms with E-state index in [1.54, 1.807) is 0 Å². The number of piperidine rings is 1. The molecule has 2 heteroatoms. The lowest BCUT2D eigenvalue weighted by Gasteiger charge is -2.40. The van der Waals surface area contributed by atoms with E-state index in [1.807, 2.05) is 13.8 Å². The van der Waals surface area contributed by atoms with Crippen molar-refractivity contribution in [3.8, 4) is 0 Å². The van der Waals surface area contributed by atoms with Gasteiger partial charge in [0.05, 0.1) is 0 Å². The molecule has 0 aromatic rings. The van der Waals surface area contributed by atoms with Gasteiger partial charge in [-0.25, -0.2) is 0 Å². The summed E-state index contributed by atoms with van der Waals surface area (Å²) >= 11 is 0. The molecule has 1 aliphatic heterocycles. The molecule has 0 N–H and O–H groups in total. The summed E-state index contributed by atoms with van der Waals surface area (Å²) in [5.41, 5.74) is 0.241. The molecule has 0 spiro atoms. The first-order chi connectivity index (χ1) is 6.35. The highest BCUT2D eigenvalue weighted by atomic mass is 16.1. The predicted octanol–water partition coefficient (Wildman–Crippen LogP) is 2.33. The Bertz CT molecular complexity index is 208. The number of hydrogen-bond acceptors (Lipinski definition) is 2. The van der Waals surface area contributed by atoms with Crippen molar-refractivity contribution in [1.29, 1.82) is 0 Å². The third-order valence-electron chi connectivity index (χ3n) is 2.93. The zero-order chi connectivity index (χ0) is 10.8. The lowest BCUT2D eigenvalue weighted by Crippen LogP contribution is -2.44. The van der Waals surface area contributed by atoms with Crippen LogP contribution in [0.25, 0.3) is 0 Å². The molecule has 1 heterocycles. The highest BCUT2D eigenvalue weighted by Crippen LogP contribution is 2.29. The van der Waals surface area contributed by atoms with E-state index in [2.05, 4.69) is 18.7 Å². The highest BCUT2D eigenvalue weighted by molar-refractivity contribution is 5.58. The van der Waals surface area contributed by atoms with Gasteiger partial charge in [-0.3, -0.25) is 0 Å². The minimum absolute atomic E-state index is 0.187. The van der Waals surface area contributed by atoms with E-state index < -0.39 is 0 Å². The second kappa shape index (κ2) is 4.01. The van der Waals surface area contributed by atoms with Gasteiger partial charge in [0.2, 0.25) is 0 Å². The van der Waals surface area contributed by atoms with Gasteiger partial charge in [-0.1, -0.05) is 27.7 Å². The third kappa shape index (κ3) is 3.41. The van der Waals surface area contributed by atoms with Crippen LogP contribution in [0.2, 0.25) is 0 Å². The molecule has 0 aromatic carbocycles. The first-order valence-electron chi connectivity index (χ1n) is 5.53. The van der Waals surface area contributed by atoms with Gasteiger partial charge in [0.25, 0.3) is 0 Å². The van der Waals surface area contributed by atoms with Gasteiger partial charge >= 0.3 is 0 Å². The van der Waals surface area contributed by atoms with E-state index >= 15 is 0 Å². The Hall–Kier alpha value is -0.370. The minimum atomic E-state index is -0.187. The van der Waals surface area contributed by atoms with Crippen molar-refractivity contribution in [3.63, 3.8) is 0 Å². The molecule has 0 saturated carbocycles. The van der Waals surface area contributed by atoms with Gasteiger partial charge in [0.15, 0.2) is 0 Å². The van der Waals surface area contributed by atoms with Gasteiger partial charge in [-0.05, 0) is 24.8 Å². The second-order valence-electron chi connectivity index (χ2n) is 6.08. The summed E-state index contributed by atoms with van der Waals surface area (Å²) in [6.45, 7) is 11.8.